The highest BCUT2D eigenvalue weighted by molar-refractivity contribution is 5.79. The molecule has 0 N–H and O–H groups in total. The Kier molecular flexibility index (Phi) is 3.97. The van der Waals surface area contributed by atoms with E-state index in [0.717, 1.165) is 44.0 Å². The maximum atomic E-state index is 12.9. The van der Waals surface area contributed by atoms with Gasteiger partial charge in [-0.3, -0.25) is 9.36 Å². The fourth-order valence-electron chi connectivity index (χ4n) is 4.13. The van der Waals surface area contributed by atoms with Gasteiger partial charge < -0.3 is 9.47 Å². The molecule has 0 aromatic carbocycles. The molecule has 0 spiro atoms. The lowest BCUT2D eigenvalue weighted by Gasteiger charge is -2.35. The first-order valence-corrected chi connectivity index (χ1v) is 8.93. The van der Waals surface area contributed by atoms with E-state index < -0.39 is 0 Å². The molecule has 0 aliphatic carbocycles. The summed E-state index contributed by atoms with van der Waals surface area (Å²) in [7, 11) is 3.68. The molecule has 8 heteroatoms. The molecule has 0 saturated carbocycles. The van der Waals surface area contributed by atoms with Crippen molar-refractivity contribution >= 4 is 5.91 Å². The van der Waals surface area contributed by atoms with Gasteiger partial charge in [-0.15, -0.1) is 0 Å². The molecule has 1 fully saturated rings. The predicted molar refractivity (Wildman–Crippen MR) is 91.0 cm³/mol. The second-order valence-corrected chi connectivity index (χ2v) is 7.16. The highest BCUT2D eigenvalue weighted by Gasteiger charge is 2.33. The van der Waals surface area contributed by atoms with E-state index >= 15 is 0 Å². The van der Waals surface area contributed by atoms with Crippen molar-refractivity contribution in [3.8, 4) is 0 Å². The fraction of sp³-hybridized carbons (Fsp3) is 0.647. The number of amides is 1. The third kappa shape index (κ3) is 2.79. The molecule has 1 unspecified atom stereocenters. The Balaban J connectivity index is 1.40. The van der Waals surface area contributed by atoms with E-state index in [4.69, 9.17) is 0 Å². The number of imidazole rings is 1. The number of aryl methyl sites for hydroxylation is 3. The number of piperidine rings is 1. The predicted octanol–water partition coefficient (Wildman–Crippen LogP) is 0.284. The van der Waals surface area contributed by atoms with E-state index in [9.17, 15) is 9.59 Å². The maximum absolute atomic E-state index is 12.9. The second kappa shape index (κ2) is 6.16. The largest absolute Gasteiger partial charge is 0.345 e. The molecule has 1 amide bonds. The van der Waals surface area contributed by atoms with Gasteiger partial charge in [0, 0.05) is 58.5 Å². The minimum atomic E-state index is -0.124. The quantitative estimate of drug-likeness (QED) is 0.784. The van der Waals surface area contributed by atoms with Crippen molar-refractivity contribution in [3.05, 3.63) is 34.5 Å². The smallest absolute Gasteiger partial charge is 0.342 e. The Bertz CT molecular complexity index is 840. The summed E-state index contributed by atoms with van der Waals surface area (Å²) in [5, 5.41) is 4.24. The van der Waals surface area contributed by atoms with Crippen molar-refractivity contribution in [2.75, 3.05) is 13.1 Å². The zero-order chi connectivity index (χ0) is 17.6. The number of nitrogens with zero attached hydrogens (tertiary/aromatic N) is 6. The Labute approximate surface area is 146 Å². The summed E-state index contributed by atoms with van der Waals surface area (Å²) in [4.78, 5) is 31.4. The van der Waals surface area contributed by atoms with Crippen molar-refractivity contribution in [1.29, 1.82) is 0 Å². The molecule has 134 valence electrons. The van der Waals surface area contributed by atoms with Gasteiger partial charge in [0.15, 0.2) is 0 Å². The zero-order valence-electron chi connectivity index (χ0n) is 14.8. The van der Waals surface area contributed by atoms with E-state index in [1.165, 1.54) is 4.68 Å². The summed E-state index contributed by atoms with van der Waals surface area (Å²) in [6.07, 6.45) is 7.16. The SMILES string of the molecule is Cn1ccnc1C1CCN(C(=O)C2CCc3nn(C)c(=O)n3C2)CC1. The first-order chi connectivity index (χ1) is 12.0. The van der Waals surface area contributed by atoms with Crippen LogP contribution in [0.1, 0.15) is 36.8 Å². The third-order valence-corrected chi connectivity index (χ3v) is 5.58. The van der Waals surface area contributed by atoms with Crippen LogP contribution in [0.5, 0.6) is 0 Å². The number of carbonyl (C=O) groups excluding carboxylic acids is 1. The molecule has 25 heavy (non-hydrogen) atoms. The number of rotatable bonds is 2. The molecule has 2 aromatic heterocycles. The van der Waals surface area contributed by atoms with Crippen LogP contribution < -0.4 is 5.69 Å². The van der Waals surface area contributed by atoms with Gasteiger partial charge in [0.25, 0.3) is 0 Å². The van der Waals surface area contributed by atoms with Gasteiger partial charge in [-0.05, 0) is 19.3 Å². The van der Waals surface area contributed by atoms with Crippen molar-refractivity contribution < 1.29 is 4.79 Å². The highest BCUT2D eigenvalue weighted by atomic mass is 16.2. The van der Waals surface area contributed by atoms with E-state index in [-0.39, 0.29) is 17.5 Å². The molecule has 2 aliphatic rings. The normalized spacial score (nSPS) is 21.4. The van der Waals surface area contributed by atoms with Gasteiger partial charge in [-0.2, -0.15) is 5.10 Å². The molecule has 2 aliphatic heterocycles. The van der Waals surface area contributed by atoms with Gasteiger partial charge in [-0.1, -0.05) is 0 Å². The number of hydrogen-bond acceptors (Lipinski definition) is 4. The molecule has 0 radical (unpaired) electrons. The van der Waals surface area contributed by atoms with Crippen molar-refractivity contribution in [1.82, 2.24) is 28.8 Å². The van der Waals surface area contributed by atoms with Crippen molar-refractivity contribution in [2.45, 2.75) is 38.1 Å². The molecular formula is C17H24N6O2. The fourth-order valence-corrected chi connectivity index (χ4v) is 4.13. The van der Waals surface area contributed by atoms with Crippen LogP contribution in [0.2, 0.25) is 0 Å². The van der Waals surface area contributed by atoms with Crippen LogP contribution >= 0.6 is 0 Å². The van der Waals surface area contributed by atoms with Gasteiger partial charge in [0.05, 0.1) is 5.92 Å². The zero-order valence-corrected chi connectivity index (χ0v) is 14.8. The van der Waals surface area contributed by atoms with Crippen molar-refractivity contribution in [3.63, 3.8) is 0 Å². The average molecular weight is 344 g/mol. The molecule has 0 bridgehead atoms. The summed E-state index contributed by atoms with van der Waals surface area (Å²) >= 11 is 0. The van der Waals surface area contributed by atoms with E-state index in [0.29, 0.717) is 18.9 Å². The van der Waals surface area contributed by atoms with Crippen LogP contribution in [0.3, 0.4) is 0 Å². The topological polar surface area (TPSA) is 78.0 Å². The first-order valence-electron chi connectivity index (χ1n) is 8.93. The maximum Gasteiger partial charge on any atom is 0.345 e. The molecule has 1 atom stereocenters. The average Bonchev–Trinajstić information content (AvgIpc) is 3.18. The summed E-state index contributed by atoms with van der Waals surface area (Å²) in [6, 6.07) is 0. The summed E-state index contributed by atoms with van der Waals surface area (Å²) in [6.45, 7) is 1.99. The van der Waals surface area contributed by atoms with Gasteiger partial charge >= 0.3 is 5.69 Å². The molecular weight excluding hydrogens is 320 g/mol. The van der Waals surface area contributed by atoms with Crippen LogP contribution in [0, 0.1) is 5.92 Å². The number of hydrogen-bond donors (Lipinski definition) is 0. The second-order valence-electron chi connectivity index (χ2n) is 7.16. The summed E-state index contributed by atoms with van der Waals surface area (Å²) in [5.41, 5.74) is -0.124. The van der Waals surface area contributed by atoms with Crippen LogP contribution in [0.4, 0.5) is 0 Å². The van der Waals surface area contributed by atoms with Crippen LogP contribution in [-0.2, 0) is 31.9 Å². The van der Waals surface area contributed by atoms with Crippen molar-refractivity contribution in [2.24, 2.45) is 20.0 Å². The number of aromatic nitrogens is 5. The van der Waals surface area contributed by atoms with Crippen LogP contribution in [0.15, 0.2) is 17.2 Å². The monoisotopic (exact) mass is 344 g/mol. The first kappa shape index (κ1) is 16.1. The highest BCUT2D eigenvalue weighted by Crippen LogP contribution is 2.28. The lowest BCUT2D eigenvalue weighted by Crippen LogP contribution is -2.44. The third-order valence-electron chi connectivity index (χ3n) is 5.58. The van der Waals surface area contributed by atoms with Gasteiger partial charge in [0.1, 0.15) is 11.6 Å². The van der Waals surface area contributed by atoms with Crippen LogP contribution in [0.25, 0.3) is 0 Å². The van der Waals surface area contributed by atoms with E-state index in [1.807, 2.05) is 24.3 Å². The molecule has 4 rings (SSSR count). The summed E-state index contributed by atoms with van der Waals surface area (Å²) < 4.78 is 5.09. The molecule has 2 aromatic rings. The number of likely N-dealkylation sites (tertiary alicyclic amines) is 1. The summed E-state index contributed by atoms with van der Waals surface area (Å²) in [5.74, 6) is 2.39. The van der Waals surface area contributed by atoms with Gasteiger partial charge in [0.2, 0.25) is 5.91 Å². The minimum absolute atomic E-state index is 0.112. The minimum Gasteiger partial charge on any atom is -0.342 e. The van der Waals surface area contributed by atoms with Gasteiger partial charge in [-0.25, -0.2) is 14.5 Å². The Morgan fingerprint density at radius 2 is 1.96 bits per heavy atom. The van der Waals surface area contributed by atoms with E-state index in [2.05, 4.69) is 14.6 Å². The molecule has 1 saturated heterocycles. The number of fused-ring (bicyclic) bond motifs is 1. The lowest BCUT2D eigenvalue weighted by atomic mass is 9.93. The Morgan fingerprint density at radius 3 is 2.64 bits per heavy atom. The lowest BCUT2D eigenvalue weighted by molar-refractivity contribution is -0.137. The number of carbonyl (C=O) groups is 1. The van der Waals surface area contributed by atoms with E-state index in [1.54, 1.807) is 11.6 Å². The standard InChI is InChI=1S/C17H24N6O2/c1-20-10-7-18-15(20)12-5-8-22(9-6-12)16(24)13-3-4-14-19-21(2)17(25)23(14)11-13/h7,10,12-13H,3-6,8-9,11H2,1-2H3. The molecule has 4 heterocycles. The molecule has 8 nitrogen and oxygen atoms in total. The Morgan fingerprint density at radius 1 is 1.20 bits per heavy atom. The Hall–Kier alpha value is -2.38. The van der Waals surface area contributed by atoms with Crippen LogP contribution in [-0.4, -0.2) is 47.8 Å².